The molecule has 326 valence electrons. The number of anilines is 3. The minimum Gasteiger partial charge on any atom is -0.372 e. The standard InChI is InChI=1S/C47H54N12O4/c1-29-24-32(6-12-36(29)30(2)51-44(61)43-54-45(63-55-43)47(3,4)5)41-37-25-39(52-42(37)50-28-49-41)38-13-11-35(26-48-38)58-22-20-56(21-23-58)27-31-14-17-57(18-15-31)33-7-9-34(10-8-33)59-19-16-40(60)53-46(59)62/h6-13,24-26,28,30-31H,14-23,27H2,1-5H3,(H,51,61)(H,49,50,52)(H,53,60,62). The van der Waals surface area contributed by atoms with Crippen molar-refractivity contribution in [3.05, 3.63) is 96.0 Å². The molecule has 0 radical (unpaired) electrons. The minimum atomic E-state index is -0.388. The Kier molecular flexibility index (Phi) is 11.4. The van der Waals surface area contributed by atoms with Crippen LogP contribution in [0, 0.1) is 12.8 Å². The lowest BCUT2D eigenvalue weighted by atomic mass is 9.95. The SMILES string of the molecule is Cc1cc(-c2ncnc3[nH]c(-c4ccc(N5CCN(CC6CCN(c7ccc(N8CCC(=O)NC8=O)cc7)CC6)CC5)cn4)cc23)ccc1C(C)NC(=O)c1noc(C(C)(C)C)n1. The molecule has 4 aromatic heterocycles. The third-order valence-electron chi connectivity index (χ3n) is 12.5. The summed E-state index contributed by atoms with van der Waals surface area (Å²) in [4.78, 5) is 67.7. The second kappa shape index (κ2) is 17.2. The summed E-state index contributed by atoms with van der Waals surface area (Å²) in [5.74, 6) is 0.495. The summed E-state index contributed by atoms with van der Waals surface area (Å²) in [7, 11) is 0. The normalized spacial score (nSPS) is 17.3. The number of nitrogens with zero attached hydrogens (tertiary/aromatic N) is 9. The first-order valence-electron chi connectivity index (χ1n) is 21.9. The Bertz CT molecular complexity index is 2620. The van der Waals surface area contributed by atoms with Crippen LogP contribution in [0.2, 0.25) is 0 Å². The first kappa shape index (κ1) is 41.7. The monoisotopic (exact) mass is 850 g/mol. The number of piperidine rings is 1. The number of carbonyl (C=O) groups excluding carboxylic acids is 3. The van der Waals surface area contributed by atoms with Crippen LogP contribution in [0.5, 0.6) is 0 Å². The van der Waals surface area contributed by atoms with Gasteiger partial charge in [0.2, 0.25) is 11.8 Å². The lowest BCUT2D eigenvalue weighted by Gasteiger charge is -2.40. The summed E-state index contributed by atoms with van der Waals surface area (Å²) in [5.41, 5.74) is 8.95. The molecule has 0 aliphatic carbocycles. The Morgan fingerprint density at radius 2 is 1.60 bits per heavy atom. The number of pyridine rings is 1. The highest BCUT2D eigenvalue weighted by atomic mass is 16.5. The topological polar surface area (TPSA) is 182 Å². The number of aryl methyl sites for hydroxylation is 1. The number of hydrogen-bond donors (Lipinski definition) is 3. The molecule has 3 aliphatic rings. The third-order valence-corrected chi connectivity index (χ3v) is 12.5. The smallest absolute Gasteiger partial charge is 0.328 e. The van der Waals surface area contributed by atoms with Gasteiger partial charge in [-0.15, -0.1) is 0 Å². The Labute approximate surface area is 366 Å². The summed E-state index contributed by atoms with van der Waals surface area (Å²) in [6.45, 7) is 17.4. The van der Waals surface area contributed by atoms with E-state index in [9.17, 15) is 14.4 Å². The first-order valence-corrected chi connectivity index (χ1v) is 21.9. The van der Waals surface area contributed by atoms with Gasteiger partial charge >= 0.3 is 6.03 Å². The molecule has 0 saturated carbocycles. The van der Waals surface area contributed by atoms with Crippen molar-refractivity contribution >= 4 is 45.9 Å². The van der Waals surface area contributed by atoms with Gasteiger partial charge in [-0.25, -0.2) is 14.8 Å². The maximum Gasteiger partial charge on any atom is 0.328 e. The molecule has 4 amide bonds. The van der Waals surface area contributed by atoms with E-state index in [1.807, 2.05) is 65.1 Å². The Balaban J connectivity index is 0.768. The molecule has 7 heterocycles. The molecule has 63 heavy (non-hydrogen) atoms. The molecule has 2 aromatic carbocycles. The highest BCUT2D eigenvalue weighted by Crippen LogP contribution is 2.33. The van der Waals surface area contributed by atoms with Gasteiger partial charge in [0.15, 0.2) is 0 Å². The number of nitrogens with one attached hydrogen (secondary N) is 3. The van der Waals surface area contributed by atoms with E-state index >= 15 is 0 Å². The molecule has 1 unspecified atom stereocenters. The molecule has 0 spiro atoms. The second-order valence-corrected chi connectivity index (χ2v) is 18.0. The molecule has 1 atom stereocenters. The second-order valence-electron chi connectivity index (χ2n) is 18.0. The van der Waals surface area contributed by atoms with E-state index in [0.29, 0.717) is 24.8 Å². The van der Waals surface area contributed by atoms with Gasteiger partial charge in [0.05, 0.1) is 35.0 Å². The number of fused-ring (bicyclic) bond motifs is 1. The van der Waals surface area contributed by atoms with E-state index in [2.05, 4.69) is 86.8 Å². The molecule has 6 aromatic rings. The van der Waals surface area contributed by atoms with Crippen LogP contribution in [0.15, 0.2) is 77.7 Å². The minimum absolute atomic E-state index is 0.0189. The molecule has 0 bridgehead atoms. The predicted molar refractivity (Wildman–Crippen MR) is 242 cm³/mol. The fourth-order valence-corrected chi connectivity index (χ4v) is 8.89. The number of amides is 4. The number of aromatic amines is 1. The van der Waals surface area contributed by atoms with Crippen LogP contribution in [0.4, 0.5) is 21.9 Å². The van der Waals surface area contributed by atoms with Gasteiger partial charge in [-0.3, -0.25) is 29.7 Å². The number of carbonyl (C=O) groups is 3. The number of rotatable bonds is 10. The molecule has 3 saturated heterocycles. The van der Waals surface area contributed by atoms with Crippen LogP contribution in [0.25, 0.3) is 33.7 Å². The maximum atomic E-state index is 13.0. The van der Waals surface area contributed by atoms with Crippen LogP contribution in [-0.4, -0.2) is 105 Å². The Hall–Kier alpha value is -6.68. The molecule has 16 heteroatoms. The van der Waals surface area contributed by atoms with Crippen LogP contribution < -0.4 is 25.3 Å². The van der Waals surface area contributed by atoms with E-state index in [-0.39, 0.29) is 35.1 Å². The average molecular weight is 851 g/mol. The van der Waals surface area contributed by atoms with Crippen molar-refractivity contribution in [1.82, 2.24) is 45.6 Å². The van der Waals surface area contributed by atoms with Crippen molar-refractivity contribution in [2.24, 2.45) is 5.92 Å². The van der Waals surface area contributed by atoms with Crippen molar-refractivity contribution < 1.29 is 18.9 Å². The van der Waals surface area contributed by atoms with E-state index in [4.69, 9.17) is 9.51 Å². The number of aromatic nitrogens is 6. The van der Waals surface area contributed by atoms with Gasteiger partial charge in [-0.1, -0.05) is 38.1 Å². The van der Waals surface area contributed by atoms with Crippen LogP contribution >= 0.6 is 0 Å². The van der Waals surface area contributed by atoms with Gasteiger partial charge < -0.3 is 24.6 Å². The Morgan fingerprint density at radius 1 is 0.873 bits per heavy atom. The van der Waals surface area contributed by atoms with Crippen molar-refractivity contribution in [2.45, 2.75) is 65.3 Å². The summed E-state index contributed by atoms with van der Waals surface area (Å²) >= 11 is 0. The summed E-state index contributed by atoms with van der Waals surface area (Å²) in [5, 5.41) is 10.2. The number of urea groups is 1. The third kappa shape index (κ3) is 8.98. The zero-order chi connectivity index (χ0) is 43.8. The Morgan fingerprint density at radius 3 is 2.29 bits per heavy atom. The van der Waals surface area contributed by atoms with Gasteiger partial charge in [-0.2, -0.15) is 4.98 Å². The number of piperazine rings is 1. The lowest BCUT2D eigenvalue weighted by molar-refractivity contribution is -0.120. The maximum absolute atomic E-state index is 13.0. The average Bonchev–Trinajstić information content (AvgIpc) is 3.97. The summed E-state index contributed by atoms with van der Waals surface area (Å²) in [6.07, 6.45) is 6.17. The van der Waals surface area contributed by atoms with Crippen molar-refractivity contribution in [2.75, 3.05) is 67.1 Å². The highest BCUT2D eigenvalue weighted by Gasteiger charge is 2.28. The fraction of sp³-hybridized carbons (Fsp3) is 0.404. The zero-order valence-electron chi connectivity index (χ0n) is 36.5. The van der Waals surface area contributed by atoms with Crippen molar-refractivity contribution in [3.8, 4) is 22.6 Å². The number of hydrogen-bond acceptors (Lipinski definition) is 12. The molecule has 3 N–H and O–H groups in total. The molecule has 3 aliphatic heterocycles. The van der Waals surface area contributed by atoms with Crippen molar-refractivity contribution in [1.29, 1.82) is 0 Å². The van der Waals surface area contributed by atoms with Gasteiger partial charge in [0.1, 0.15) is 12.0 Å². The lowest BCUT2D eigenvalue weighted by Crippen LogP contribution is -2.49. The van der Waals surface area contributed by atoms with Crippen LogP contribution in [-0.2, 0) is 10.2 Å². The number of imide groups is 1. The van der Waals surface area contributed by atoms with Crippen molar-refractivity contribution in [3.63, 3.8) is 0 Å². The summed E-state index contributed by atoms with van der Waals surface area (Å²) in [6, 6.07) is 19.9. The molecular formula is C47H54N12O4. The van der Waals surface area contributed by atoms with Crippen LogP contribution in [0.3, 0.4) is 0 Å². The van der Waals surface area contributed by atoms with E-state index in [0.717, 1.165) is 115 Å². The number of benzene rings is 2. The van der Waals surface area contributed by atoms with Gasteiger partial charge in [0, 0.05) is 86.5 Å². The number of H-pyrrole nitrogens is 1. The predicted octanol–water partition coefficient (Wildman–Crippen LogP) is 6.65. The molecule has 9 rings (SSSR count). The highest BCUT2D eigenvalue weighted by molar-refractivity contribution is 6.05. The summed E-state index contributed by atoms with van der Waals surface area (Å²) < 4.78 is 5.31. The zero-order valence-corrected chi connectivity index (χ0v) is 36.5. The fourth-order valence-electron chi connectivity index (χ4n) is 8.89. The van der Waals surface area contributed by atoms with Gasteiger partial charge in [-0.05, 0) is 92.3 Å². The molecule has 3 fully saturated rings. The largest absolute Gasteiger partial charge is 0.372 e. The van der Waals surface area contributed by atoms with E-state index in [1.54, 1.807) is 11.2 Å². The van der Waals surface area contributed by atoms with E-state index in [1.165, 1.54) is 5.69 Å². The molecule has 16 nitrogen and oxygen atoms in total. The molecular weight excluding hydrogens is 797 g/mol. The quantitative estimate of drug-likeness (QED) is 0.134. The van der Waals surface area contributed by atoms with Gasteiger partial charge in [0.25, 0.3) is 11.7 Å². The van der Waals surface area contributed by atoms with E-state index < -0.39 is 0 Å². The van der Waals surface area contributed by atoms with Crippen LogP contribution in [0.1, 0.15) is 80.6 Å². The first-order chi connectivity index (χ1) is 30.4.